The van der Waals surface area contributed by atoms with E-state index in [0.717, 1.165) is 41.0 Å². The van der Waals surface area contributed by atoms with Gasteiger partial charge in [0.1, 0.15) is 22.5 Å². The summed E-state index contributed by atoms with van der Waals surface area (Å²) in [6, 6.07) is 0. The molecule has 1 atom stereocenters. The van der Waals surface area contributed by atoms with Crippen LogP contribution in [0.25, 0.3) is 5.13 Å². The van der Waals surface area contributed by atoms with E-state index in [1.54, 1.807) is 4.68 Å². The van der Waals surface area contributed by atoms with Crippen molar-refractivity contribution in [3.63, 3.8) is 0 Å². The van der Waals surface area contributed by atoms with Gasteiger partial charge >= 0.3 is 0 Å². The summed E-state index contributed by atoms with van der Waals surface area (Å²) < 4.78 is 7.49. The zero-order valence-electron chi connectivity index (χ0n) is 11.6. The summed E-state index contributed by atoms with van der Waals surface area (Å²) in [7, 11) is 0. The molecule has 0 aliphatic carbocycles. The highest BCUT2D eigenvalue weighted by molar-refractivity contribution is 7.13. The van der Waals surface area contributed by atoms with Crippen molar-refractivity contribution in [3.8, 4) is 5.13 Å². The van der Waals surface area contributed by atoms with Gasteiger partial charge in [0.2, 0.25) is 5.13 Å². The molecule has 1 saturated heterocycles. The molecule has 7 nitrogen and oxygen atoms in total. The molecule has 108 valence electrons. The molecule has 2 aromatic heterocycles. The number of hydrogen-bond acceptors (Lipinski definition) is 7. The van der Waals surface area contributed by atoms with Crippen molar-refractivity contribution in [1.82, 2.24) is 25.2 Å². The predicted molar refractivity (Wildman–Crippen MR) is 74.7 cm³/mol. The van der Waals surface area contributed by atoms with E-state index in [1.807, 2.05) is 0 Å². The summed E-state index contributed by atoms with van der Waals surface area (Å²) >= 11 is 1.53. The minimum atomic E-state index is 0.00921. The Morgan fingerprint density at radius 3 is 2.85 bits per heavy atom. The van der Waals surface area contributed by atoms with E-state index in [0.29, 0.717) is 12.5 Å². The zero-order chi connectivity index (χ0) is 14.1. The smallest absolute Gasteiger partial charge is 0.234 e. The molecule has 20 heavy (non-hydrogen) atoms. The summed E-state index contributed by atoms with van der Waals surface area (Å²) in [5.41, 5.74) is 7.46. The van der Waals surface area contributed by atoms with E-state index in [2.05, 4.69) is 34.4 Å². The van der Waals surface area contributed by atoms with Crippen molar-refractivity contribution in [1.29, 1.82) is 0 Å². The average molecular weight is 294 g/mol. The second-order valence-corrected chi connectivity index (χ2v) is 6.10. The zero-order valence-corrected chi connectivity index (χ0v) is 12.4. The molecular formula is C12H18N6OS. The van der Waals surface area contributed by atoms with Crippen molar-refractivity contribution in [2.24, 2.45) is 5.73 Å². The van der Waals surface area contributed by atoms with Gasteiger partial charge in [0.15, 0.2) is 0 Å². The lowest BCUT2D eigenvalue weighted by Crippen LogP contribution is -2.10. The van der Waals surface area contributed by atoms with Crippen LogP contribution >= 0.6 is 11.3 Å². The van der Waals surface area contributed by atoms with E-state index in [1.165, 1.54) is 11.3 Å². The highest BCUT2D eigenvalue weighted by Gasteiger charge is 2.28. The predicted octanol–water partition coefficient (Wildman–Crippen LogP) is 1.55. The second kappa shape index (κ2) is 5.55. The maximum absolute atomic E-state index is 5.76. The van der Waals surface area contributed by atoms with Gasteiger partial charge < -0.3 is 10.5 Å². The van der Waals surface area contributed by atoms with Gasteiger partial charge in [0.25, 0.3) is 0 Å². The molecule has 3 heterocycles. The van der Waals surface area contributed by atoms with Crippen molar-refractivity contribution < 1.29 is 4.74 Å². The molecule has 0 amide bonds. The summed E-state index contributed by atoms with van der Waals surface area (Å²) in [5, 5.41) is 18.5. The van der Waals surface area contributed by atoms with Crippen molar-refractivity contribution in [2.75, 3.05) is 6.61 Å². The van der Waals surface area contributed by atoms with Gasteiger partial charge in [-0.1, -0.05) is 30.4 Å². The van der Waals surface area contributed by atoms with Crippen LogP contribution in [0.3, 0.4) is 0 Å². The summed E-state index contributed by atoms with van der Waals surface area (Å²) in [6.07, 6.45) is 2.03. The van der Waals surface area contributed by atoms with Crippen molar-refractivity contribution >= 4 is 11.3 Å². The lowest BCUT2D eigenvalue weighted by atomic mass is 10.1. The molecular weight excluding hydrogens is 276 g/mol. The molecule has 1 unspecified atom stereocenters. The fourth-order valence-corrected chi connectivity index (χ4v) is 3.08. The summed E-state index contributed by atoms with van der Waals surface area (Å²) in [6.45, 7) is 5.31. The van der Waals surface area contributed by atoms with Crippen LogP contribution in [-0.4, -0.2) is 31.8 Å². The Morgan fingerprint density at radius 2 is 2.25 bits per heavy atom. The molecule has 1 aliphatic rings. The first-order chi connectivity index (χ1) is 9.70. The quantitative estimate of drug-likeness (QED) is 0.920. The van der Waals surface area contributed by atoms with Crippen molar-refractivity contribution in [2.45, 2.75) is 45.3 Å². The summed E-state index contributed by atoms with van der Waals surface area (Å²) in [4.78, 5) is 0. The van der Waals surface area contributed by atoms with Crippen LogP contribution in [0, 0.1) is 0 Å². The van der Waals surface area contributed by atoms with Crippen LogP contribution in [0.1, 0.15) is 55.1 Å². The van der Waals surface area contributed by atoms with E-state index in [4.69, 9.17) is 10.5 Å². The Labute approximate surface area is 121 Å². The lowest BCUT2D eigenvalue weighted by molar-refractivity contribution is 0.106. The second-order valence-electron chi connectivity index (χ2n) is 5.12. The number of nitrogens with zero attached hydrogens (tertiary/aromatic N) is 5. The highest BCUT2D eigenvalue weighted by Crippen LogP contribution is 2.32. The molecule has 2 aromatic rings. The van der Waals surface area contributed by atoms with E-state index in [9.17, 15) is 0 Å². The fourth-order valence-electron chi connectivity index (χ4n) is 2.27. The molecule has 0 radical (unpaired) electrons. The molecule has 8 heteroatoms. The Kier molecular flexibility index (Phi) is 3.77. The third kappa shape index (κ3) is 2.34. The number of rotatable bonds is 4. The first kappa shape index (κ1) is 13.6. The first-order valence-electron chi connectivity index (χ1n) is 6.80. The Balaban J connectivity index is 2.01. The van der Waals surface area contributed by atoms with Crippen LogP contribution in [0.2, 0.25) is 0 Å². The van der Waals surface area contributed by atoms with Gasteiger partial charge in [0, 0.05) is 19.1 Å². The van der Waals surface area contributed by atoms with Gasteiger partial charge in [-0.3, -0.25) is 0 Å². The molecule has 0 aromatic carbocycles. The first-order valence-corrected chi connectivity index (χ1v) is 7.62. The van der Waals surface area contributed by atoms with E-state index < -0.39 is 0 Å². The molecule has 0 bridgehead atoms. The van der Waals surface area contributed by atoms with Crippen LogP contribution < -0.4 is 5.73 Å². The molecule has 0 saturated carbocycles. The Bertz CT molecular complexity index is 587. The topological polar surface area (TPSA) is 91.7 Å². The molecule has 1 aliphatic heterocycles. The van der Waals surface area contributed by atoms with Crippen LogP contribution in [0.5, 0.6) is 0 Å². The number of aromatic nitrogens is 5. The van der Waals surface area contributed by atoms with Crippen LogP contribution in [0.4, 0.5) is 0 Å². The van der Waals surface area contributed by atoms with Gasteiger partial charge in [-0.2, -0.15) is 4.68 Å². The standard InChI is InChI=1S/C12H18N6OS/c1-7(2)11-15-16-12(20-11)18-10(8(6-13)14-17-18)9-4-3-5-19-9/h7,9H,3-6,13H2,1-2H3. The minimum Gasteiger partial charge on any atom is -0.372 e. The Morgan fingerprint density at radius 1 is 1.40 bits per heavy atom. The average Bonchev–Trinajstić information content (AvgIpc) is 3.17. The maximum atomic E-state index is 5.76. The molecule has 3 rings (SSSR count). The van der Waals surface area contributed by atoms with Crippen LogP contribution in [0.15, 0.2) is 0 Å². The lowest BCUT2D eigenvalue weighted by Gasteiger charge is -2.11. The highest BCUT2D eigenvalue weighted by atomic mass is 32.1. The number of nitrogens with two attached hydrogens (primary N) is 1. The molecule has 2 N–H and O–H groups in total. The Hall–Kier alpha value is -1.38. The monoisotopic (exact) mass is 294 g/mol. The SMILES string of the molecule is CC(C)c1nnc(-n2nnc(CN)c2C2CCCO2)s1. The van der Waals surface area contributed by atoms with Gasteiger partial charge in [-0.05, 0) is 12.8 Å². The van der Waals surface area contributed by atoms with Gasteiger partial charge in [-0.25, -0.2) is 0 Å². The number of hydrogen-bond donors (Lipinski definition) is 1. The normalized spacial score (nSPS) is 19.1. The number of ether oxygens (including phenoxy) is 1. The van der Waals surface area contributed by atoms with E-state index >= 15 is 0 Å². The fraction of sp³-hybridized carbons (Fsp3) is 0.667. The largest absolute Gasteiger partial charge is 0.372 e. The van der Waals surface area contributed by atoms with Gasteiger partial charge in [0.05, 0.1) is 0 Å². The maximum Gasteiger partial charge on any atom is 0.234 e. The third-order valence-corrected chi connectivity index (χ3v) is 4.51. The third-order valence-electron chi connectivity index (χ3n) is 3.31. The van der Waals surface area contributed by atoms with Gasteiger partial charge in [-0.15, -0.1) is 15.3 Å². The van der Waals surface area contributed by atoms with E-state index in [-0.39, 0.29) is 6.10 Å². The van der Waals surface area contributed by atoms with Crippen LogP contribution in [-0.2, 0) is 11.3 Å². The van der Waals surface area contributed by atoms with Crippen molar-refractivity contribution in [3.05, 3.63) is 16.4 Å². The summed E-state index contributed by atoms with van der Waals surface area (Å²) in [5.74, 6) is 0.352. The molecule has 0 spiro atoms. The minimum absolute atomic E-state index is 0.00921. The molecule has 1 fully saturated rings.